The molecule has 0 bridgehead atoms. The molecule has 0 saturated carbocycles. The second-order valence-corrected chi connectivity index (χ2v) is 5.40. The molecular weight excluding hydrogens is 320 g/mol. The number of anilines is 1. The van der Waals surface area contributed by atoms with E-state index in [1.54, 1.807) is 0 Å². The molecule has 7 nitrogen and oxygen atoms in total. The zero-order valence-electron chi connectivity index (χ0n) is 9.43. The molecule has 0 radical (unpaired) electrons. The first kappa shape index (κ1) is 15.6. The highest BCUT2D eigenvalue weighted by atomic mass is 35.5. The Balaban J connectivity index is 3.16. The molecule has 0 saturated heterocycles. The standard InChI is InChI=1S/C8H8Cl2FN5O2S/c1-13-3-4(2-12)19(17,18)16-8-14-6(9)5(11)7(10)15-8/h2-3H,12H2,1H3,(H,14,15,16). The number of aliphatic imine (C=N–C) groups is 1. The lowest BCUT2D eigenvalue weighted by Gasteiger charge is -2.07. The highest BCUT2D eigenvalue weighted by Crippen LogP contribution is 2.21. The van der Waals surface area contributed by atoms with E-state index in [1.165, 1.54) is 7.05 Å². The fourth-order valence-corrected chi connectivity index (χ4v) is 2.21. The number of halogens is 3. The number of aromatic nitrogens is 2. The molecule has 0 fully saturated rings. The van der Waals surface area contributed by atoms with Gasteiger partial charge in [0.25, 0.3) is 10.0 Å². The van der Waals surface area contributed by atoms with Crippen LogP contribution < -0.4 is 10.5 Å². The minimum atomic E-state index is -4.06. The Kier molecular flexibility index (Phi) is 5.04. The van der Waals surface area contributed by atoms with Crippen LogP contribution in [0.25, 0.3) is 0 Å². The number of hydrogen-bond acceptors (Lipinski definition) is 6. The fraction of sp³-hybridized carbons (Fsp3) is 0.125. The molecule has 0 aliphatic rings. The summed E-state index contributed by atoms with van der Waals surface area (Å²) in [6.07, 6.45) is 1.83. The molecule has 0 aliphatic heterocycles. The molecule has 0 aromatic carbocycles. The average molecular weight is 328 g/mol. The van der Waals surface area contributed by atoms with Crippen LogP contribution in [-0.2, 0) is 10.0 Å². The van der Waals surface area contributed by atoms with Gasteiger partial charge in [-0.05, 0) is 0 Å². The number of nitrogens with two attached hydrogens (primary N) is 1. The van der Waals surface area contributed by atoms with Gasteiger partial charge in [0.2, 0.25) is 5.95 Å². The van der Waals surface area contributed by atoms with Crippen LogP contribution in [0.15, 0.2) is 16.1 Å². The third-order valence-electron chi connectivity index (χ3n) is 1.73. The molecule has 0 aliphatic carbocycles. The van der Waals surface area contributed by atoms with E-state index in [-0.39, 0.29) is 4.91 Å². The monoisotopic (exact) mass is 327 g/mol. The summed E-state index contributed by atoms with van der Waals surface area (Å²) in [5.41, 5.74) is 5.16. The van der Waals surface area contributed by atoms with E-state index < -0.39 is 32.1 Å². The third-order valence-corrected chi connectivity index (χ3v) is 3.54. The maximum absolute atomic E-state index is 13.1. The molecule has 0 unspecified atom stereocenters. The molecule has 0 atom stereocenters. The van der Waals surface area contributed by atoms with Crippen molar-refractivity contribution in [2.45, 2.75) is 0 Å². The van der Waals surface area contributed by atoms with Crippen molar-refractivity contribution >= 4 is 45.4 Å². The Hall–Kier alpha value is -1.45. The van der Waals surface area contributed by atoms with Gasteiger partial charge in [-0.3, -0.25) is 4.99 Å². The van der Waals surface area contributed by atoms with E-state index in [1.807, 2.05) is 4.72 Å². The van der Waals surface area contributed by atoms with Crippen LogP contribution in [0, 0.1) is 5.82 Å². The molecule has 3 N–H and O–H groups in total. The fourth-order valence-electron chi connectivity index (χ4n) is 0.948. The van der Waals surface area contributed by atoms with Crippen molar-refractivity contribution in [3.05, 3.63) is 27.2 Å². The topological polar surface area (TPSA) is 110 Å². The lowest BCUT2D eigenvalue weighted by Crippen LogP contribution is -2.19. The zero-order chi connectivity index (χ0) is 14.6. The smallest absolute Gasteiger partial charge is 0.267 e. The van der Waals surface area contributed by atoms with Gasteiger partial charge < -0.3 is 5.73 Å². The van der Waals surface area contributed by atoms with Crippen molar-refractivity contribution in [2.24, 2.45) is 10.7 Å². The number of nitrogens with zero attached hydrogens (tertiary/aromatic N) is 3. The number of allylic oxidation sites excluding steroid dienone is 1. The summed E-state index contributed by atoms with van der Waals surface area (Å²) in [5, 5.41) is -1.22. The molecule has 104 valence electrons. The summed E-state index contributed by atoms with van der Waals surface area (Å²) < 4.78 is 38.6. The molecule has 1 rings (SSSR count). The first-order valence-electron chi connectivity index (χ1n) is 4.57. The largest absolute Gasteiger partial charge is 0.403 e. The highest BCUT2D eigenvalue weighted by molar-refractivity contribution is 7.97. The van der Waals surface area contributed by atoms with Crippen molar-refractivity contribution in [1.82, 2.24) is 9.97 Å². The minimum absolute atomic E-state index is 0.324. The van der Waals surface area contributed by atoms with Gasteiger partial charge in [0.1, 0.15) is 4.91 Å². The van der Waals surface area contributed by atoms with Crippen LogP contribution in [0.2, 0.25) is 10.3 Å². The summed E-state index contributed by atoms with van der Waals surface area (Å²) in [4.78, 5) is 9.97. The van der Waals surface area contributed by atoms with Crippen LogP contribution in [-0.4, -0.2) is 31.6 Å². The van der Waals surface area contributed by atoms with Gasteiger partial charge in [-0.15, -0.1) is 0 Å². The molecule has 0 spiro atoms. The normalized spacial score (nSPS) is 12.9. The van der Waals surface area contributed by atoms with E-state index in [0.29, 0.717) is 0 Å². The predicted molar refractivity (Wildman–Crippen MR) is 71.2 cm³/mol. The van der Waals surface area contributed by atoms with Gasteiger partial charge in [-0.2, -0.15) is 9.97 Å². The molecule has 0 amide bonds. The number of hydrogen-bond donors (Lipinski definition) is 2. The van der Waals surface area contributed by atoms with Gasteiger partial charge in [0.15, 0.2) is 16.1 Å². The summed E-state index contributed by atoms with van der Waals surface area (Å²) in [6, 6.07) is 0. The quantitative estimate of drug-likeness (QED) is 0.637. The van der Waals surface area contributed by atoms with Crippen LogP contribution in [0.1, 0.15) is 0 Å². The first-order chi connectivity index (χ1) is 8.81. The number of rotatable bonds is 4. The molecule has 1 heterocycles. The maximum Gasteiger partial charge on any atom is 0.267 e. The Morgan fingerprint density at radius 1 is 1.42 bits per heavy atom. The van der Waals surface area contributed by atoms with Gasteiger partial charge in [0, 0.05) is 19.5 Å². The molecule has 1 aromatic heterocycles. The Morgan fingerprint density at radius 2 is 1.95 bits per heavy atom. The van der Waals surface area contributed by atoms with Crippen LogP contribution in [0.4, 0.5) is 10.3 Å². The second kappa shape index (κ2) is 6.13. The van der Waals surface area contributed by atoms with E-state index in [9.17, 15) is 12.8 Å². The van der Waals surface area contributed by atoms with Crippen molar-refractivity contribution < 1.29 is 12.8 Å². The zero-order valence-corrected chi connectivity index (χ0v) is 11.8. The lowest BCUT2D eigenvalue weighted by atomic mass is 10.6. The minimum Gasteiger partial charge on any atom is -0.403 e. The first-order valence-corrected chi connectivity index (χ1v) is 6.81. The van der Waals surface area contributed by atoms with Crippen LogP contribution >= 0.6 is 23.2 Å². The van der Waals surface area contributed by atoms with E-state index >= 15 is 0 Å². The van der Waals surface area contributed by atoms with E-state index in [0.717, 1.165) is 12.4 Å². The van der Waals surface area contributed by atoms with Gasteiger partial charge in [0.05, 0.1) is 0 Å². The third kappa shape index (κ3) is 3.75. The Morgan fingerprint density at radius 3 is 2.37 bits per heavy atom. The van der Waals surface area contributed by atoms with Gasteiger partial charge in [-0.1, -0.05) is 23.2 Å². The van der Waals surface area contributed by atoms with E-state index in [4.69, 9.17) is 28.9 Å². The average Bonchev–Trinajstić information content (AvgIpc) is 2.32. The second-order valence-electron chi connectivity index (χ2n) is 3.00. The van der Waals surface area contributed by atoms with Crippen LogP contribution in [0.5, 0.6) is 0 Å². The van der Waals surface area contributed by atoms with Gasteiger partial charge >= 0.3 is 0 Å². The molecule has 1 aromatic rings. The summed E-state index contributed by atoms with van der Waals surface area (Å²) in [5.74, 6) is -1.53. The number of nitrogens with one attached hydrogen (secondary N) is 1. The van der Waals surface area contributed by atoms with E-state index in [2.05, 4.69) is 15.0 Å². The van der Waals surface area contributed by atoms with Crippen molar-refractivity contribution in [3.8, 4) is 0 Å². The summed E-state index contributed by atoms with van der Waals surface area (Å²) in [7, 11) is -2.70. The van der Waals surface area contributed by atoms with Crippen molar-refractivity contribution in [2.75, 3.05) is 11.8 Å². The molecular formula is C8H8Cl2FN5O2S. The Bertz CT molecular complexity index is 624. The van der Waals surface area contributed by atoms with Gasteiger partial charge in [-0.25, -0.2) is 17.5 Å². The van der Waals surface area contributed by atoms with Crippen molar-refractivity contribution in [3.63, 3.8) is 0 Å². The Labute approximate surface area is 118 Å². The predicted octanol–water partition coefficient (Wildman–Crippen LogP) is 1.16. The molecule has 11 heteroatoms. The lowest BCUT2D eigenvalue weighted by molar-refractivity contribution is 0.605. The van der Waals surface area contributed by atoms with Crippen LogP contribution in [0.3, 0.4) is 0 Å². The maximum atomic E-state index is 13.1. The SMILES string of the molecule is CN=CC(=CN)S(=O)(=O)Nc1nc(Cl)c(F)c(Cl)n1. The summed E-state index contributed by atoms with van der Waals surface area (Å²) >= 11 is 10.8. The highest BCUT2D eigenvalue weighted by Gasteiger charge is 2.19. The summed E-state index contributed by atoms with van der Waals surface area (Å²) in [6.45, 7) is 0. The van der Waals surface area contributed by atoms with Crippen molar-refractivity contribution in [1.29, 1.82) is 0 Å². The molecule has 19 heavy (non-hydrogen) atoms. The number of sulfonamides is 1.